The highest BCUT2D eigenvalue weighted by atomic mass is 79.9. The Hall–Kier alpha value is -0.140. The van der Waals surface area contributed by atoms with Gasteiger partial charge in [-0.15, -0.1) is 11.3 Å². The van der Waals surface area contributed by atoms with Gasteiger partial charge in [-0.25, -0.2) is 5.43 Å². The molecule has 0 spiro atoms. The predicted molar refractivity (Wildman–Crippen MR) is 72.2 cm³/mol. The quantitative estimate of drug-likeness (QED) is 0.642. The Balaban J connectivity index is 2.12. The highest BCUT2D eigenvalue weighted by Gasteiger charge is 2.15. The van der Waals surface area contributed by atoms with Crippen LogP contribution < -0.4 is 11.3 Å². The second kappa shape index (κ2) is 5.46. The second-order valence-corrected chi connectivity index (χ2v) is 6.60. The van der Waals surface area contributed by atoms with E-state index in [-0.39, 0.29) is 6.04 Å². The molecule has 2 aromatic rings. The molecule has 16 heavy (non-hydrogen) atoms. The van der Waals surface area contributed by atoms with Gasteiger partial charge in [-0.1, -0.05) is 0 Å². The lowest BCUT2D eigenvalue weighted by Crippen LogP contribution is -2.29. The third kappa shape index (κ3) is 2.95. The van der Waals surface area contributed by atoms with Gasteiger partial charge in [0, 0.05) is 11.3 Å². The Morgan fingerprint density at radius 1 is 1.31 bits per heavy atom. The van der Waals surface area contributed by atoms with Gasteiger partial charge in [-0.2, -0.15) is 0 Å². The number of furan rings is 1. The van der Waals surface area contributed by atoms with Gasteiger partial charge in [0.25, 0.3) is 0 Å². The zero-order valence-electron chi connectivity index (χ0n) is 8.24. The largest absolute Gasteiger partial charge is 0.453 e. The van der Waals surface area contributed by atoms with Crippen molar-refractivity contribution in [1.29, 1.82) is 0 Å². The van der Waals surface area contributed by atoms with Gasteiger partial charge in [-0.05, 0) is 56.1 Å². The van der Waals surface area contributed by atoms with Crippen LogP contribution in [0.15, 0.2) is 37.1 Å². The van der Waals surface area contributed by atoms with Crippen molar-refractivity contribution < 1.29 is 4.42 Å². The first-order valence-electron chi connectivity index (χ1n) is 4.64. The van der Waals surface area contributed by atoms with Gasteiger partial charge in [0.05, 0.1) is 9.83 Å². The van der Waals surface area contributed by atoms with Gasteiger partial charge < -0.3 is 4.42 Å². The van der Waals surface area contributed by atoms with E-state index < -0.39 is 0 Å². The first kappa shape index (κ1) is 12.3. The molecule has 86 valence electrons. The molecule has 3 nitrogen and oxygen atoms in total. The van der Waals surface area contributed by atoms with E-state index in [1.807, 2.05) is 18.2 Å². The Kier molecular flexibility index (Phi) is 4.21. The van der Waals surface area contributed by atoms with E-state index in [0.717, 1.165) is 20.6 Å². The van der Waals surface area contributed by atoms with Crippen molar-refractivity contribution in [2.24, 2.45) is 5.84 Å². The molecule has 2 heterocycles. The smallest absolute Gasteiger partial charge is 0.169 e. The van der Waals surface area contributed by atoms with Crippen molar-refractivity contribution in [3.05, 3.63) is 43.4 Å². The molecule has 0 aliphatic rings. The summed E-state index contributed by atoms with van der Waals surface area (Å²) >= 11 is 8.42. The monoisotopic (exact) mass is 364 g/mol. The van der Waals surface area contributed by atoms with E-state index >= 15 is 0 Å². The van der Waals surface area contributed by atoms with Crippen LogP contribution in [0.2, 0.25) is 0 Å². The predicted octanol–water partition coefficient (Wildman–Crippen LogP) is 3.61. The van der Waals surface area contributed by atoms with Crippen molar-refractivity contribution in [3.8, 4) is 0 Å². The normalized spacial score (nSPS) is 12.9. The van der Waals surface area contributed by atoms with Crippen LogP contribution in [-0.4, -0.2) is 0 Å². The Bertz CT molecular complexity index is 469. The van der Waals surface area contributed by atoms with Crippen LogP contribution in [0.25, 0.3) is 0 Å². The van der Waals surface area contributed by atoms with Crippen LogP contribution in [0.5, 0.6) is 0 Å². The number of nitrogens with one attached hydrogen (secondary N) is 1. The summed E-state index contributed by atoms with van der Waals surface area (Å²) in [5, 5.41) is 0. The Labute approximate surface area is 114 Å². The molecule has 6 heteroatoms. The van der Waals surface area contributed by atoms with E-state index in [4.69, 9.17) is 10.3 Å². The second-order valence-electron chi connectivity index (χ2n) is 3.27. The van der Waals surface area contributed by atoms with Crippen LogP contribution in [-0.2, 0) is 6.42 Å². The molecule has 2 aromatic heterocycles. The molecule has 0 saturated heterocycles. The first-order chi connectivity index (χ1) is 7.69. The highest BCUT2D eigenvalue weighted by Crippen LogP contribution is 2.28. The lowest BCUT2D eigenvalue weighted by molar-refractivity contribution is 0.406. The van der Waals surface area contributed by atoms with Gasteiger partial charge in [0.15, 0.2) is 4.67 Å². The molecule has 0 aliphatic carbocycles. The summed E-state index contributed by atoms with van der Waals surface area (Å²) in [4.78, 5) is 1.25. The number of hydrazine groups is 1. The maximum Gasteiger partial charge on any atom is 0.169 e. The zero-order valence-corrected chi connectivity index (χ0v) is 12.2. The van der Waals surface area contributed by atoms with Gasteiger partial charge in [0.2, 0.25) is 0 Å². The number of nitrogens with two attached hydrogens (primary N) is 1. The summed E-state index contributed by atoms with van der Waals surface area (Å²) in [6.07, 6.45) is 0.812. The molecule has 0 saturated carbocycles. The molecule has 0 aromatic carbocycles. The molecule has 1 atom stereocenters. The Morgan fingerprint density at radius 2 is 2.12 bits per heavy atom. The van der Waals surface area contributed by atoms with Gasteiger partial charge in [0.1, 0.15) is 5.76 Å². The molecule has 1 unspecified atom stereocenters. The minimum atomic E-state index is -0.00292. The summed E-state index contributed by atoms with van der Waals surface area (Å²) in [5.74, 6) is 6.37. The number of thiophene rings is 1. The molecule has 0 aliphatic heterocycles. The fraction of sp³-hybridized carbons (Fsp3) is 0.200. The van der Waals surface area contributed by atoms with Crippen molar-refractivity contribution in [2.45, 2.75) is 12.5 Å². The molecular weight excluding hydrogens is 356 g/mol. The molecule has 2 rings (SSSR count). The minimum Gasteiger partial charge on any atom is -0.453 e. The molecule has 0 fully saturated rings. The van der Waals surface area contributed by atoms with E-state index in [2.05, 4.69) is 43.4 Å². The topological polar surface area (TPSA) is 51.2 Å². The molecule has 0 bridgehead atoms. The SMILES string of the molecule is NNC(Cc1ccc(Br)s1)c1ccc(Br)o1. The summed E-state index contributed by atoms with van der Waals surface area (Å²) in [6.45, 7) is 0. The van der Waals surface area contributed by atoms with Crippen molar-refractivity contribution in [1.82, 2.24) is 5.43 Å². The summed E-state index contributed by atoms with van der Waals surface area (Å²) < 4.78 is 7.32. The average molecular weight is 366 g/mol. The minimum absolute atomic E-state index is 0.00292. The summed E-state index contributed by atoms with van der Waals surface area (Å²) in [7, 11) is 0. The number of rotatable bonds is 4. The molecule has 0 amide bonds. The van der Waals surface area contributed by atoms with E-state index in [1.165, 1.54) is 4.88 Å². The first-order valence-corrected chi connectivity index (χ1v) is 7.05. The van der Waals surface area contributed by atoms with E-state index in [0.29, 0.717) is 0 Å². The van der Waals surface area contributed by atoms with Crippen LogP contribution in [0.1, 0.15) is 16.7 Å². The fourth-order valence-corrected chi connectivity index (χ4v) is 3.27. The average Bonchev–Trinajstić information content (AvgIpc) is 2.84. The van der Waals surface area contributed by atoms with Crippen molar-refractivity contribution >= 4 is 43.2 Å². The lowest BCUT2D eigenvalue weighted by atomic mass is 10.1. The van der Waals surface area contributed by atoms with Crippen LogP contribution in [0.3, 0.4) is 0 Å². The van der Waals surface area contributed by atoms with E-state index in [9.17, 15) is 0 Å². The van der Waals surface area contributed by atoms with Crippen molar-refractivity contribution in [2.75, 3.05) is 0 Å². The van der Waals surface area contributed by atoms with Crippen molar-refractivity contribution in [3.63, 3.8) is 0 Å². The highest BCUT2D eigenvalue weighted by molar-refractivity contribution is 9.11. The molecule has 0 radical (unpaired) electrons. The third-order valence-corrected chi connectivity index (χ3v) is 4.24. The summed E-state index contributed by atoms with van der Waals surface area (Å²) in [6, 6.07) is 7.89. The maximum atomic E-state index is 5.54. The van der Waals surface area contributed by atoms with Gasteiger partial charge in [-0.3, -0.25) is 5.84 Å². The number of hydrogen-bond acceptors (Lipinski definition) is 4. The van der Waals surface area contributed by atoms with Crippen LogP contribution in [0.4, 0.5) is 0 Å². The lowest BCUT2D eigenvalue weighted by Gasteiger charge is -2.11. The third-order valence-electron chi connectivity index (χ3n) is 2.17. The molecular formula is C10H10Br2N2OS. The van der Waals surface area contributed by atoms with Crippen LogP contribution >= 0.6 is 43.2 Å². The number of hydrogen-bond donors (Lipinski definition) is 2. The zero-order chi connectivity index (χ0) is 11.5. The maximum absolute atomic E-state index is 5.54. The van der Waals surface area contributed by atoms with Crippen LogP contribution in [0, 0.1) is 0 Å². The number of halogens is 2. The standard InChI is InChI=1S/C10H10Br2N2OS/c11-9-3-2-8(15-9)7(14-13)5-6-1-4-10(12)16-6/h1-4,7,14H,5,13H2. The molecule has 3 N–H and O–H groups in total. The summed E-state index contributed by atoms with van der Waals surface area (Å²) in [5.41, 5.74) is 2.77. The van der Waals surface area contributed by atoms with E-state index in [1.54, 1.807) is 11.3 Å². The Morgan fingerprint density at radius 3 is 2.62 bits per heavy atom. The fourth-order valence-electron chi connectivity index (χ4n) is 1.42. The van der Waals surface area contributed by atoms with Gasteiger partial charge >= 0.3 is 0 Å².